The van der Waals surface area contributed by atoms with E-state index in [1.54, 1.807) is 0 Å². The van der Waals surface area contributed by atoms with Crippen LogP contribution in [0.1, 0.15) is 20.8 Å². The van der Waals surface area contributed by atoms with Crippen LogP contribution in [0.3, 0.4) is 0 Å². The van der Waals surface area contributed by atoms with Crippen molar-refractivity contribution < 1.29 is 0 Å². The van der Waals surface area contributed by atoms with Crippen molar-refractivity contribution in [3.8, 4) is 0 Å². The molecule has 0 radical (unpaired) electrons. The highest BCUT2D eigenvalue weighted by molar-refractivity contribution is 5.42. The van der Waals surface area contributed by atoms with E-state index < -0.39 is 0 Å². The van der Waals surface area contributed by atoms with Gasteiger partial charge < -0.3 is 0 Å². The van der Waals surface area contributed by atoms with Crippen molar-refractivity contribution in [2.75, 3.05) is 0 Å². The molecule has 0 aromatic carbocycles. The van der Waals surface area contributed by atoms with Crippen LogP contribution in [-0.4, -0.2) is 0 Å². The van der Waals surface area contributed by atoms with Gasteiger partial charge in [-0.2, -0.15) is 0 Å². The van der Waals surface area contributed by atoms with Gasteiger partial charge in [0.1, 0.15) is 0 Å². The van der Waals surface area contributed by atoms with E-state index in [1.807, 2.05) is 0 Å². The first-order valence-electron chi connectivity index (χ1n) is 4.17. The van der Waals surface area contributed by atoms with E-state index in [0.29, 0.717) is 11.8 Å². The fourth-order valence-corrected chi connectivity index (χ4v) is 1.23. The maximum absolute atomic E-state index is 3.91. The lowest BCUT2D eigenvalue weighted by molar-refractivity contribution is 0.555. The van der Waals surface area contributed by atoms with Gasteiger partial charge in [-0.25, -0.2) is 0 Å². The molecule has 0 amide bonds. The number of rotatable bonds is 2. The molecule has 0 aromatic rings. The van der Waals surface area contributed by atoms with E-state index in [1.165, 1.54) is 11.1 Å². The number of hydrogen-bond donors (Lipinski definition) is 0. The summed E-state index contributed by atoms with van der Waals surface area (Å²) in [6.45, 7) is 10.5. The van der Waals surface area contributed by atoms with Crippen LogP contribution < -0.4 is 0 Å². The summed E-state index contributed by atoms with van der Waals surface area (Å²) in [5.41, 5.74) is 2.48. The molecule has 1 aliphatic carbocycles. The van der Waals surface area contributed by atoms with E-state index in [2.05, 4.69) is 45.6 Å². The minimum atomic E-state index is 0.627. The van der Waals surface area contributed by atoms with Crippen LogP contribution in [0, 0.1) is 11.8 Å². The molecular weight excluding hydrogens is 132 g/mol. The van der Waals surface area contributed by atoms with Crippen molar-refractivity contribution >= 4 is 0 Å². The summed E-state index contributed by atoms with van der Waals surface area (Å²) in [5.74, 6) is 1.34. The van der Waals surface area contributed by atoms with Gasteiger partial charge in [0.25, 0.3) is 0 Å². The Balaban J connectivity index is 2.71. The molecule has 0 saturated heterocycles. The van der Waals surface area contributed by atoms with Gasteiger partial charge in [0, 0.05) is 0 Å². The van der Waals surface area contributed by atoms with Crippen molar-refractivity contribution in [3.63, 3.8) is 0 Å². The van der Waals surface area contributed by atoms with Gasteiger partial charge in [0.2, 0.25) is 0 Å². The summed E-state index contributed by atoms with van der Waals surface area (Å²) in [4.78, 5) is 0. The molecule has 1 atom stereocenters. The van der Waals surface area contributed by atoms with Gasteiger partial charge in [-0.05, 0) is 24.3 Å². The molecule has 0 heteroatoms. The molecule has 11 heavy (non-hydrogen) atoms. The van der Waals surface area contributed by atoms with E-state index in [4.69, 9.17) is 0 Å². The Labute approximate surface area is 69.3 Å². The summed E-state index contributed by atoms with van der Waals surface area (Å²) in [7, 11) is 0. The van der Waals surface area contributed by atoms with Gasteiger partial charge in [-0.3, -0.25) is 0 Å². The number of allylic oxidation sites excluding steroid dienone is 5. The van der Waals surface area contributed by atoms with Crippen molar-refractivity contribution in [3.05, 3.63) is 36.0 Å². The Morgan fingerprint density at radius 1 is 1.55 bits per heavy atom. The Morgan fingerprint density at radius 3 is 2.45 bits per heavy atom. The predicted octanol–water partition coefficient (Wildman–Crippen LogP) is 3.33. The summed E-state index contributed by atoms with van der Waals surface area (Å²) in [6, 6.07) is 0. The van der Waals surface area contributed by atoms with Crippen LogP contribution in [0.4, 0.5) is 0 Å². The molecule has 0 spiro atoms. The largest absolute Gasteiger partial charge is 0.0955 e. The highest BCUT2D eigenvalue weighted by Gasteiger charge is 2.12. The van der Waals surface area contributed by atoms with Gasteiger partial charge in [-0.15, -0.1) is 0 Å². The highest BCUT2D eigenvalue weighted by atomic mass is 14.2. The smallest absolute Gasteiger partial charge is 0.00180 e. The van der Waals surface area contributed by atoms with Crippen LogP contribution in [-0.2, 0) is 0 Å². The zero-order valence-corrected chi connectivity index (χ0v) is 7.59. The van der Waals surface area contributed by atoms with E-state index in [0.717, 1.165) is 0 Å². The first kappa shape index (κ1) is 8.32. The summed E-state index contributed by atoms with van der Waals surface area (Å²) in [5, 5.41) is 0. The van der Waals surface area contributed by atoms with E-state index in [-0.39, 0.29) is 0 Å². The van der Waals surface area contributed by atoms with Crippen LogP contribution >= 0.6 is 0 Å². The van der Waals surface area contributed by atoms with Crippen LogP contribution in [0.15, 0.2) is 36.0 Å². The Hall–Kier alpha value is -0.780. The average molecular weight is 148 g/mol. The third-order valence-electron chi connectivity index (χ3n) is 2.13. The van der Waals surface area contributed by atoms with Crippen LogP contribution in [0.25, 0.3) is 0 Å². The molecule has 0 bridgehead atoms. The maximum Gasteiger partial charge on any atom is -0.00180 e. The first-order valence-corrected chi connectivity index (χ1v) is 4.17. The van der Waals surface area contributed by atoms with Gasteiger partial charge >= 0.3 is 0 Å². The molecule has 0 aromatic heterocycles. The van der Waals surface area contributed by atoms with Gasteiger partial charge in [-0.1, -0.05) is 44.2 Å². The van der Waals surface area contributed by atoms with E-state index >= 15 is 0 Å². The molecule has 1 unspecified atom stereocenters. The second-order valence-corrected chi connectivity index (χ2v) is 3.58. The molecule has 0 nitrogen and oxygen atoms in total. The highest BCUT2D eigenvalue weighted by Crippen LogP contribution is 2.25. The van der Waals surface area contributed by atoms with Crippen molar-refractivity contribution in [2.45, 2.75) is 20.8 Å². The Bertz CT molecular complexity index is 216. The molecule has 0 N–H and O–H groups in total. The molecule has 0 saturated carbocycles. The topological polar surface area (TPSA) is 0 Å². The maximum atomic E-state index is 3.91. The minimum absolute atomic E-state index is 0.627. The van der Waals surface area contributed by atoms with Crippen LogP contribution in [0.2, 0.25) is 0 Å². The molecule has 0 fully saturated rings. The zero-order valence-electron chi connectivity index (χ0n) is 7.59. The molecule has 0 heterocycles. The molecule has 60 valence electrons. The fourth-order valence-electron chi connectivity index (χ4n) is 1.23. The predicted molar refractivity (Wildman–Crippen MR) is 50.4 cm³/mol. The van der Waals surface area contributed by atoms with Crippen molar-refractivity contribution in [1.82, 2.24) is 0 Å². The summed E-state index contributed by atoms with van der Waals surface area (Å²) in [6.07, 6.45) is 6.73. The van der Waals surface area contributed by atoms with Gasteiger partial charge in [0.05, 0.1) is 0 Å². The average Bonchev–Trinajstić information content (AvgIpc) is 2.33. The van der Waals surface area contributed by atoms with Gasteiger partial charge in [0.15, 0.2) is 0 Å². The third-order valence-corrected chi connectivity index (χ3v) is 2.13. The van der Waals surface area contributed by atoms with Crippen molar-refractivity contribution in [1.29, 1.82) is 0 Å². The minimum Gasteiger partial charge on any atom is -0.0955 e. The second-order valence-electron chi connectivity index (χ2n) is 3.58. The molecule has 0 aliphatic heterocycles. The zero-order chi connectivity index (χ0) is 8.43. The molecule has 1 aliphatic rings. The Morgan fingerprint density at radius 2 is 2.18 bits per heavy atom. The SMILES string of the molecule is C=C(C)C1=CC(C(C)C)C=C1. The van der Waals surface area contributed by atoms with Crippen LogP contribution in [0.5, 0.6) is 0 Å². The third kappa shape index (κ3) is 1.83. The standard InChI is InChI=1S/C11H16/c1-8(2)10-5-6-11(7-10)9(3)4/h5-7,9,11H,1H2,2-4H3. The molecule has 1 rings (SSSR count). The van der Waals surface area contributed by atoms with Crippen molar-refractivity contribution in [2.24, 2.45) is 11.8 Å². The second kappa shape index (κ2) is 3.08. The summed E-state index contributed by atoms with van der Waals surface area (Å²) >= 11 is 0. The van der Waals surface area contributed by atoms with E-state index in [9.17, 15) is 0 Å². The number of hydrogen-bond acceptors (Lipinski definition) is 0. The normalized spacial score (nSPS) is 22.5. The first-order chi connectivity index (χ1) is 5.11. The summed E-state index contributed by atoms with van der Waals surface area (Å²) < 4.78 is 0. The molecular formula is C11H16. The quantitative estimate of drug-likeness (QED) is 0.563. The lowest BCUT2D eigenvalue weighted by Gasteiger charge is -2.08. The Kier molecular flexibility index (Phi) is 2.33. The lowest BCUT2D eigenvalue weighted by atomic mass is 9.97. The lowest BCUT2D eigenvalue weighted by Crippen LogP contribution is -1.98. The fraction of sp³-hybridized carbons (Fsp3) is 0.455. The monoisotopic (exact) mass is 148 g/mol.